The van der Waals surface area contributed by atoms with Crippen molar-refractivity contribution in [1.82, 2.24) is 0 Å². The SMILES string of the molecule is O=C(O)C(=O)O.[Co].[KH].[O]=[Mn](=[O])(=[O])[OH]. The number of hydrogen-bond donors (Lipinski definition) is 3. The van der Waals surface area contributed by atoms with Gasteiger partial charge >= 0.3 is 92.0 Å². The first-order chi connectivity index (χ1) is 4.64. The normalized spacial score (nSPS) is 7.77. The molecule has 0 aliphatic rings. The van der Waals surface area contributed by atoms with E-state index in [0.717, 1.165) is 0 Å². The molecule has 11 heteroatoms. The van der Waals surface area contributed by atoms with Crippen molar-refractivity contribution in [3.63, 3.8) is 0 Å². The van der Waals surface area contributed by atoms with E-state index in [1.165, 1.54) is 0 Å². The molecule has 0 fully saturated rings. The Balaban J connectivity index is -0.0000000546. The van der Waals surface area contributed by atoms with E-state index in [1.54, 1.807) is 0 Å². The number of rotatable bonds is 0. The zero-order valence-corrected chi connectivity index (χ0v) is 7.32. The van der Waals surface area contributed by atoms with Crippen LogP contribution in [0.2, 0.25) is 0 Å². The molecule has 8 nitrogen and oxygen atoms in total. The molecule has 0 atom stereocenters. The minimum absolute atomic E-state index is 0. The van der Waals surface area contributed by atoms with Gasteiger partial charge in [-0.15, -0.1) is 0 Å². The van der Waals surface area contributed by atoms with Gasteiger partial charge in [-0.3, -0.25) is 0 Å². The molecule has 13 heavy (non-hydrogen) atoms. The van der Waals surface area contributed by atoms with Gasteiger partial charge in [0.25, 0.3) is 0 Å². The molecule has 0 aliphatic heterocycles. The second-order valence-electron chi connectivity index (χ2n) is 1.01. The average Bonchev–Trinajstić information content (AvgIpc) is 1.59. The van der Waals surface area contributed by atoms with Gasteiger partial charge in [0, 0.05) is 16.8 Å². The van der Waals surface area contributed by atoms with Crippen molar-refractivity contribution in [3.8, 4) is 0 Å². The van der Waals surface area contributed by atoms with Crippen LogP contribution in [-0.4, -0.2) is 77.7 Å². The summed E-state index contributed by atoms with van der Waals surface area (Å²) < 4.78 is 33.1. The number of carboxylic acids is 2. The molecular formula is C2H4CoKMnO8. The van der Waals surface area contributed by atoms with Gasteiger partial charge in [-0.05, 0) is 0 Å². The summed E-state index contributed by atoms with van der Waals surface area (Å²) in [6, 6.07) is 0. The molecule has 77 valence electrons. The maximum absolute atomic E-state index is 9.10. The molecule has 0 aromatic rings. The Kier molecular flexibility index (Phi) is 20.1. The number of aliphatic carboxylic acids is 2. The van der Waals surface area contributed by atoms with Crippen LogP contribution in [-0.2, 0) is 50.8 Å². The third-order valence-corrected chi connectivity index (χ3v) is 0.183. The van der Waals surface area contributed by atoms with Crippen LogP contribution in [0.3, 0.4) is 0 Å². The standard InChI is InChI=1S/C2H2O4.Co.K.Mn.H2O.3O.H/c3-1(4)2(5)6;;;;;;;;/h(H,3,4)(H,5,6);;;;1H2;;;;/q;;;+1;;;;;/p-1. The predicted octanol–water partition coefficient (Wildman–Crippen LogP) is -2.41. The Morgan fingerprint density at radius 1 is 0.923 bits per heavy atom. The van der Waals surface area contributed by atoms with Crippen LogP contribution in [0.25, 0.3) is 0 Å². The van der Waals surface area contributed by atoms with Crippen LogP contribution in [0.1, 0.15) is 0 Å². The summed E-state index contributed by atoms with van der Waals surface area (Å²) in [5.74, 6) is -3.65. The summed E-state index contributed by atoms with van der Waals surface area (Å²) >= 11 is -5.38. The first-order valence-corrected chi connectivity index (χ1v) is 3.71. The molecule has 0 bridgehead atoms. The quantitative estimate of drug-likeness (QED) is 0.331. The summed E-state index contributed by atoms with van der Waals surface area (Å²) in [7, 11) is 0. The summed E-state index contributed by atoms with van der Waals surface area (Å²) in [6.07, 6.45) is 0. The molecule has 0 heterocycles. The molecule has 0 saturated carbocycles. The Labute approximate surface area is 126 Å². The topological polar surface area (TPSA) is 146 Å². The van der Waals surface area contributed by atoms with Crippen molar-refractivity contribution < 1.29 is 65.2 Å². The van der Waals surface area contributed by atoms with Crippen LogP contribution in [0.5, 0.6) is 0 Å². The van der Waals surface area contributed by atoms with Gasteiger partial charge < -0.3 is 10.2 Å². The minimum atomic E-state index is -5.38. The molecule has 0 amide bonds. The zero-order chi connectivity index (χ0) is 9.65. The third-order valence-electron chi connectivity index (χ3n) is 0.183. The molecule has 0 spiro atoms. The zero-order valence-electron chi connectivity index (χ0n) is 5.09. The molecule has 0 unspecified atom stereocenters. The van der Waals surface area contributed by atoms with E-state index in [4.69, 9.17) is 35.5 Å². The van der Waals surface area contributed by atoms with Crippen LogP contribution in [0.15, 0.2) is 0 Å². The van der Waals surface area contributed by atoms with E-state index in [0.29, 0.717) is 0 Å². The molecule has 0 rings (SSSR count). The predicted molar refractivity (Wildman–Crippen MR) is 26.7 cm³/mol. The Morgan fingerprint density at radius 2 is 1.00 bits per heavy atom. The Morgan fingerprint density at radius 3 is 1.00 bits per heavy atom. The Bertz CT molecular complexity index is 272. The van der Waals surface area contributed by atoms with E-state index in [2.05, 4.69) is 0 Å². The van der Waals surface area contributed by atoms with E-state index in [9.17, 15) is 0 Å². The fourth-order valence-electron chi connectivity index (χ4n) is 0. The molecule has 0 aromatic heterocycles. The van der Waals surface area contributed by atoms with E-state index in [-0.39, 0.29) is 68.2 Å². The first kappa shape index (κ1) is 23.6. The van der Waals surface area contributed by atoms with Crippen molar-refractivity contribution in [2.75, 3.05) is 0 Å². The van der Waals surface area contributed by atoms with Crippen LogP contribution < -0.4 is 0 Å². The number of hydrogen-bond acceptors (Lipinski definition) is 5. The van der Waals surface area contributed by atoms with Gasteiger partial charge in [-0.2, -0.15) is 0 Å². The van der Waals surface area contributed by atoms with Gasteiger partial charge in [-0.1, -0.05) is 0 Å². The fraction of sp³-hybridized carbons (Fsp3) is 0. The molecule has 1 radical (unpaired) electrons. The second kappa shape index (κ2) is 11.0. The third kappa shape index (κ3) is 63.3. The van der Waals surface area contributed by atoms with Crippen molar-refractivity contribution in [2.45, 2.75) is 0 Å². The van der Waals surface area contributed by atoms with Gasteiger partial charge in [0.05, 0.1) is 0 Å². The number of carbonyl (C=O) groups is 2. The molecule has 0 aromatic carbocycles. The summed E-state index contributed by atoms with van der Waals surface area (Å²) in [4.78, 5) is 18.2. The van der Waals surface area contributed by atoms with Crippen LogP contribution in [0.4, 0.5) is 0 Å². The van der Waals surface area contributed by atoms with Gasteiger partial charge in [-0.25, -0.2) is 9.59 Å². The monoisotopic (exact) mass is 309 g/mol. The van der Waals surface area contributed by atoms with Crippen molar-refractivity contribution in [2.24, 2.45) is 0 Å². The number of carboxylic acid groups (broad SMARTS) is 2. The van der Waals surface area contributed by atoms with Crippen molar-refractivity contribution in [1.29, 1.82) is 0 Å². The van der Waals surface area contributed by atoms with E-state index in [1.807, 2.05) is 0 Å². The fourth-order valence-corrected chi connectivity index (χ4v) is 0. The van der Waals surface area contributed by atoms with Gasteiger partial charge in [0.1, 0.15) is 0 Å². The molecule has 0 saturated heterocycles. The first-order valence-electron chi connectivity index (χ1n) is 1.74. The molecule has 3 N–H and O–H groups in total. The van der Waals surface area contributed by atoms with E-state index < -0.39 is 24.9 Å². The van der Waals surface area contributed by atoms with Gasteiger partial charge in [0.15, 0.2) is 0 Å². The molecular weight excluding hydrogens is 305 g/mol. The maximum atomic E-state index is 9.10. The average molecular weight is 309 g/mol. The molecule has 0 aliphatic carbocycles. The van der Waals surface area contributed by atoms with Crippen molar-refractivity contribution in [3.05, 3.63) is 0 Å². The Hall–Kier alpha value is 0.962. The summed E-state index contributed by atoms with van der Waals surface area (Å²) in [5.41, 5.74) is 0. The van der Waals surface area contributed by atoms with Gasteiger partial charge in [0.2, 0.25) is 0 Å². The van der Waals surface area contributed by atoms with E-state index >= 15 is 0 Å². The second-order valence-corrected chi connectivity index (χ2v) is 2.24. The van der Waals surface area contributed by atoms with Crippen LogP contribution in [0, 0.1) is 0 Å². The van der Waals surface area contributed by atoms with Crippen molar-refractivity contribution >= 4 is 63.3 Å². The summed E-state index contributed by atoms with van der Waals surface area (Å²) in [6.45, 7) is 0. The van der Waals surface area contributed by atoms with Crippen LogP contribution >= 0.6 is 0 Å². The summed E-state index contributed by atoms with van der Waals surface area (Å²) in [5, 5.41) is 14.8.